The maximum atomic E-state index is 13.6. The van der Waals surface area contributed by atoms with Gasteiger partial charge in [0, 0.05) is 16.4 Å². The van der Waals surface area contributed by atoms with Crippen LogP contribution in [0.2, 0.25) is 10.0 Å². The van der Waals surface area contributed by atoms with Gasteiger partial charge >= 0.3 is 0 Å². The van der Waals surface area contributed by atoms with Gasteiger partial charge in [-0.05, 0) is 53.9 Å². The van der Waals surface area contributed by atoms with Crippen LogP contribution in [0.3, 0.4) is 0 Å². The van der Waals surface area contributed by atoms with Crippen LogP contribution >= 0.6 is 34.5 Å². The van der Waals surface area contributed by atoms with Gasteiger partial charge in [-0.3, -0.25) is 9.59 Å². The Labute approximate surface area is 197 Å². The molecular formula is C21H15Cl2FN2O4S2. The SMILES string of the molecule is O=C1CC(N(Cc2cccs2)S(=O)(=O)c2cc(Cl)ccc2Cl)C(=O)N1c1ccc(F)cc1. The molecule has 0 bridgehead atoms. The highest BCUT2D eigenvalue weighted by atomic mass is 35.5. The molecule has 11 heteroatoms. The van der Waals surface area contributed by atoms with Crippen LogP contribution in [-0.4, -0.2) is 30.6 Å². The standard InChI is InChI=1S/C21H15Cl2FN2O4S2/c22-13-3-8-17(23)19(10-13)32(29,30)25(12-16-2-1-9-31-16)18-11-20(27)26(21(18)28)15-6-4-14(24)5-7-15/h1-10,18H,11-12H2. The van der Waals surface area contributed by atoms with Crippen LogP contribution in [0.5, 0.6) is 0 Å². The van der Waals surface area contributed by atoms with Crippen LogP contribution in [0, 0.1) is 5.82 Å². The summed E-state index contributed by atoms with van der Waals surface area (Å²) in [6.45, 7) is -0.135. The van der Waals surface area contributed by atoms with E-state index in [1.54, 1.807) is 17.5 Å². The van der Waals surface area contributed by atoms with Gasteiger partial charge in [0.2, 0.25) is 15.9 Å². The molecule has 0 spiro atoms. The van der Waals surface area contributed by atoms with Crippen LogP contribution in [0.25, 0.3) is 0 Å². The van der Waals surface area contributed by atoms with E-state index in [1.165, 1.54) is 41.7 Å². The normalized spacial score (nSPS) is 16.9. The van der Waals surface area contributed by atoms with Crippen molar-refractivity contribution >= 4 is 62.1 Å². The number of hydrogen-bond donors (Lipinski definition) is 0. The second-order valence-electron chi connectivity index (χ2n) is 6.97. The lowest BCUT2D eigenvalue weighted by atomic mass is 10.2. The highest BCUT2D eigenvalue weighted by Crippen LogP contribution is 2.34. The Kier molecular flexibility index (Phi) is 6.37. The zero-order valence-electron chi connectivity index (χ0n) is 16.2. The van der Waals surface area contributed by atoms with E-state index in [9.17, 15) is 22.4 Å². The van der Waals surface area contributed by atoms with Crippen LogP contribution < -0.4 is 4.90 Å². The second-order valence-corrected chi connectivity index (χ2v) is 10.7. The minimum atomic E-state index is -4.32. The molecule has 1 aliphatic rings. The van der Waals surface area contributed by atoms with Crippen LogP contribution in [0.15, 0.2) is 64.9 Å². The van der Waals surface area contributed by atoms with E-state index in [4.69, 9.17) is 23.2 Å². The fraction of sp³-hybridized carbons (Fsp3) is 0.143. The number of sulfonamides is 1. The molecule has 1 atom stereocenters. The second kappa shape index (κ2) is 8.92. The van der Waals surface area contributed by atoms with Crippen molar-refractivity contribution in [3.63, 3.8) is 0 Å². The lowest BCUT2D eigenvalue weighted by Gasteiger charge is -2.27. The maximum absolute atomic E-state index is 13.6. The summed E-state index contributed by atoms with van der Waals surface area (Å²) < 4.78 is 41.5. The van der Waals surface area contributed by atoms with Crippen molar-refractivity contribution < 1.29 is 22.4 Å². The van der Waals surface area contributed by atoms with Crippen molar-refractivity contribution in [3.05, 3.63) is 80.7 Å². The quantitative estimate of drug-likeness (QED) is 0.448. The number of benzene rings is 2. The Morgan fingerprint density at radius 2 is 1.81 bits per heavy atom. The van der Waals surface area contributed by atoms with Gasteiger partial charge in [0.05, 0.1) is 17.1 Å². The fourth-order valence-corrected chi connectivity index (χ4v) is 6.51. The molecule has 1 unspecified atom stereocenters. The largest absolute Gasteiger partial charge is 0.274 e. The average molecular weight is 513 g/mol. The Hall–Kier alpha value is -2.30. The lowest BCUT2D eigenvalue weighted by Crippen LogP contribution is -2.45. The van der Waals surface area contributed by atoms with E-state index in [0.29, 0.717) is 4.88 Å². The first-order valence-corrected chi connectivity index (χ1v) is 12.4. The van der Waals surface area contributed by atoms with Crippen molar-refractivity contribution in [2.45, 2.75) is 23.9 Å². The Morgan fingerprint density at radius 1 is 1.09 bits per heavy atom. The molecule has 32 heavy (non-hydrogen) atoms. The van der Waals surface area contributed by atoms with E-state index < -0.39 is 33.7 Å². The number of carbonyl (C=O) groups excluding carboxylic acids is 2. The lowest BCUT2D eigenvalue weighted by molar-refractivity contribution is -0.122. The van der Waals surface area contributed by atoms with Gasteiger partial charge in [-0.15, -0.1) is 11.3 Å². The maximum Gasteiger partial charge on any atom is 0.252 e. The third kappa shape index (κ3) is 4.31. The zero-order chi connectivity index (χ0) is 23.0. The summed E-state index contributed by atoms with van der Waals surface area (Å²) in [6, 6.07) is 11.0. The third-order valence-electron chi connectivity index (χ3n) is 4.93. The Bertz CT molecular complexity index is 1280. The third-order valence-corrected chi connectivity index (χ3v) is 8.36. The molecule has 0 aliphatic carbocycles. The molecule has 1 aromatic heterocycles. The summed E-state index contributed by atoms with van der Waals surface area (Å²) in [4.78, 5) is 27.3. The number of rotatable bonds is 6. The molecule has 3 aromatic rings. The number of thiophene rings is 1. The molecule has 6 nitrogen and oxygen atoms in total. The number of amides is 2. The molecule has 0 radical (unpaired) electrons. The van der Waals surface area contributed by atoms with Gasteiger partial charge in [0.15, 0.2) is 0 Å². The summed E-state index contributed by atoms with van der Waals surface area (Å²) in [5, 5.41) is 1.88. The Morgan fingerprint density at radius 3 is 2.47 bits per heavy atom. The van der Waals surface area contributed by atoms with Gasteiger partial charge in [0.25, 0.3) is 5.91 Å². The fourth-order valence-electron chi connectivity index (χ4n) is 3.42. The summed E-state index contributed by atoms with van der Waals surface area (Å²) in [5.41, 5.74) is 0.165. The van der Waals surface area contributed by atoms with Crippen molar-refractivity contribution in [3.8, 4) is 0 Å². The summed E-state index contributed by atoms with van der Waals surface area (Å²) in [5.74, 6) is -1.84. The first kappa shape index (κ1) is 22.9. The number of anilines is 1. The van der Waals surface area contributed by atoms with Gasteiger partial charge < -0.3 is 0 Å². The first-order valence-electron chi connectivity index (χ1n) is 9.30. The summed E-state index contributed by atoms with van der Waals surface area (Å²) in [7, 11) is -4.32. The van der Waals surface area contributed by atoms with Crippen molar-refractivity contribution in [1.29, 1.82) is 0 Å². The molecular weight excluding hydrogens is 498 g/mol. The van der Waals surface area contributed by atoms with E-state index in [0.717, 1.165) is 21.3 Å². The van der Waals surface area contributed by atoms with Gasteiger partial charge in [-0.25, -0.2) is 17.7 Å². The summed E-state index contributed by atoms with van der Waals surface area (Å²) in [6.07, 6.45) is -0.362. The molecule has 2 heterocycles. The number of nitrogens with zero attached hydrogens (tertiary/aromatic N) is 2. The molecule has 1 fully saturated rings. The molecule has 2 amide bonds. The van der Waals surface area contributed by atoms with Gasteiger partial charge in [-0.2, -0.15) is 4.31 Å². The molecule has 1 saturated heterocycles. The van der Waals surface area contributed by atoms with E-state index in [2.05, 4.69) is 0 Å². The predicted octanol–water partition coefficient (Wildman–Crippen LogP) is 4.72. The Balaban J connectivity index is 1.77. The highest BCUT2D eigenvalue weighted by Gasteiger charge is 2.47. The zero-order valence-corrected chi connectivity index (χ0v) is 19.4. The van der Waals surface area contributed by atoms with E-state index in [1.807, 2.05) is 0 Å². The molecule has 4 rings (SSSR count). The van der Waals surface area contributed by atoms with Gasteiger partial charge in [-0.1, -0.05) is 29.3 Å². The number of imide groups is 1. The number of carbonyl (C=O) groups is 2. The highest BCUT2D eigenvalue weighted by molar-refractivity contribution is 7.89. The smallest absolute Gasteiger partial charge is 0.252 e. The minimum absolute atomic E-state index is 0.0576. The topological polar surface area (TPSA) is 74.8 Å². The first-order chi connectivity index (χ1) is 15.2. The monoisotopic (exact) mass is 512 g/mol. The molecule has 166 valence electrons. The molecule has 1 aliphatic heterocycles. The van der Waals surface area contributed by atoms with Crippen molar-refractivity contribution in [2.24, 2.45) is 0 Å². The van der Waals surface area contributed by atoms with Gasteiger partial charge in [0.1, 0.15) is 16.8 Å². The average Bonchev–Trinajstić information content (AvgIpc) is 3.36. The number of halogens is 3. The molecule has 2 aromatic carbocycles. The summed E-state index contributed by atoms with van der Waals surface area (Å²) >= 11 is 13.5. The van der Waals surface area contributed by atoms with Crippen LogP contribution in [-0.2, 0) is 26.2 Å². The number of hydrogen-bond acceptors (Lipinski definition) is 5. The van der Waals surface area contributed by atoms with Crippen LogP contribution in [0.1, 0.15) is 11.3 Å². The van der Waals surface area contributed by atoms with Crippen molar-refractivity contribution in [1.82, 2.24) is 4.31 Å². The van der Waals surface area contributed by atoms with E-state index >= 15 is 0 Å². The minimum Gasteiger partial charge on any atom is -0.274 e. The predicted molar refractivity (Wildman–Crippen MR) is 121 cm³/mol. The molecule has 0 N–H and O–H groups in total. The van der Waals surface area contributed by atoms with E-state index in [-0.39, 0.29) is 33.6 Å². The molecule has 0 saturated carbocycles. The van der Waals surface area contributed by atoms with Crippen LogP contribution in [0.4, 0.5) is 10.1 Å². The van der Waals surface area contributed by atoms with Crippen molar-refractivity contribution in [2.75, 3.05) is 4.90 Å².